The van der Waals surface area contributed by atoms with Crippen LogP contribution < -0.4 is 0 Å². The molecule has 0 aliphatic rings. The fraction of sp³-hybridized carbons (Fsp3) is 0.625. The Labute approximate surface area is 121 Å². The quantitative estimate of drug-likeness (QED) is 0.320. The minimum Gasteiger partial charge on any atom is -0.314 e. The van der Waals surface area contributed by atoms with E-state index in [2.05, 4.69) is 35.2 Å². The Balaban J connectivity index is 1.80. The molecule has 1 aromatic carbocycles. The van der Waals surface area contributed by atoms with Crippen LogP contribution in [0.25, 0.3) is 0 Å². The molecule has 0 unspecified atom stereocenters. The molecular formula is C16H25NO3. The predicted octanol–water partition coefficient (Wildman–Crippen LogP) is 4.56. The van der Waals surface area contributed by atoms with Gasteiger partial charge in [0, 0.05) is 0 Å². The van der Waals surface area contributed by atoms with Gasteiger partial charge < -0.3 is 4.84 Å². The second kappa shape index (κ2) is 11.3. The Bertz CT molecular complexity index is 354. The predicted molar refractivity (Wildman–Crippen MR) is 80.0 cm³/mol. The van der Waals surface area contributed by atoms with Gasteiger partial charge in [-0.05, 0) is 24.8 Å². The number of aryl methyl sites for hydroxylation is 1. The van der Waals surface area contributed by atoms with E-state index in [-0.39, 0.29) is 6.61 Å². The number of benzene rings is 1. The van der Waals surface area contributed by atoms with Gasteiger partial charge in [-0.15, -0.1) is 10.1 Å². The highest BCUT2D eigenvalue weighted by molar-refractivity contribution is 5.14. The molecule has 0 N–H and O–H groups in total. The molecule has 0 amide bonds. The van der Waals surface area contributed by atoms with Gasteiger partial charge in [0.1, 0.15) is 0 Å². The Hall–Kier alpha value is -1.58. The van der Waals surface area contributed by atoms with Gasteiger partial charge in [0.2, 0.25) is 0 Å². The molecule has 4 nitrogen and oxygen atoms in total. The number of hydrogen-bond acceptors (Lipinski definition) is 3. The van der Waals surface area contributed by atoms with Gasteiger partial charge in [0.05, 0.1) is 6.61 Å². The molecule has 20 heavy (non-hydrogen) atoms. The van der Waals surface area contributed by atoms with Crippen molar-refractivity contribution >= 4 is 0 Å². The van der Waals surface area contributed by atoms with E-state index in [4.69, 9.17) is 0 Å². The fourth-order valence-corrected chi connectivity index (χ4v) is 2.28. The molecule has 0 radical (unpaired) electrons. The maximum atomic E-state index is 9.92. The van der Waals surface area contributed by atoms with Crippen molar-refractivity contribution in [1.29, 1.82) is 0 Å². The van der Waals surface area contributed by atoms with E-state index in [0.717, 1.165) is 19.3 Å². The zero-order valence-corrected chi connectivity index (χ0v) is 12.1. The first-order valence-electron chi connectivity index (χ1n) is 7.60. The molecule has 0 aliphatic heterocycles. The molecule has 0 bridgehead atoms. The van der Waals surface area contributed by atoms with Crippen molar-refractivity contribution in [3.8, 4) is 0 Å². The van der Waals surface area contributed by atoms with E-state index in [1.165, 1.54) is 44.1 Å². The summed E-state index contributed by atoms with van der Waals surface area (Å²) in [6.07, 6.45) is 10.5. The molecule has 0 atom stereocenters. The van der Waals surface area contributed by atoms with Crippen LogP contribution in [0, 0.1) is 10.1 Å². The average Bonchev–Trinajstić information content (AvgIpc) is 2.45. The summed E-state index contributed by atoms with van der Waals surface area (Å²) in [5, 5.41) is 9.21. The van der Waals surface area contributed by atoms with Gasteiger partial charge in [-0.3, -0.25) is 0 Å². The number of unbranched alkanes of at least 4 members (excludes halogenated alkanes) is 7. The van der Waals surface area contributed by atoms with Crippen molar-refractivity contribution in [3.05, 3.63) is 46.0 Å². The van der Waals surface area contributed by atoms with Crippen molar-refractivity contribution in [2.75, 3.05) is 6.61 Å². The summed E-state index contributed by atoms with van der Waals surface area (Å²) >= 11 is 0. The van der Waals surface area contributed by atoms with Crippen LogP contribution in [0.1, 0.15) is 56.9 Å². The fourth-order valence-electron chi connectivity index (χ4n) is 2.28. The van der Waals surface area contributed by atoms with Crippen LogP contribution in [0.5, 0.6) is 0 Å². The van der Waals surface area contributed by atoms with Gasteiger partial charge in [0.25, 0.3) is 5.09 Å². The molecule has 0 saturated heterocycles. The van der Waals surface area contributed by atoms with Crippen LogP contribution >= 0.6 is 0 Å². The van der Waals surface area contributed by atoms with Crippen LogP contribution in [0.2, 0.25) is 0 Å². The van der Waals surface area contributed by atoms with Crippen LogP contribution in [0.15, 0.2) is 30.3 Å². The summed E-state index contributed by atoms with van der Waals surface area (Å²) < 4.78 is 0. The SMILES string of the molecule is O=[N+]([O-])OCCCCCCCCCCc1ccccc1. The lowest BCUT2D eigenvalue weighted by molar-refractivity contribution is -0.757. The van der Waals surface area contributed by atoms with Crippen molar-refractivity contribution in [2.45, 2.75) is 57.8 Å². The van der Waals surface area contributed by atoms with Crippen LogP contribution in [-0.4, -0.2) is 11.7 Å². The van der Waals surface area contributed by atoms with E-state index in [1.807, 2.05) is 0 Å². The largest absolute Gasteiger partial charge is 0.314 e. The summed E-state index contributed by atoms with van der Waals surface area (Å²) in [6, 6.07) is 10.6. The van der Waals surface area contributed by atoms with Crippen molar-refractivity contribution in [3.63, 3.8) is 0 Å². The molecule has 0 aromatic heterocycles. The highest BCUT2D eigenvalue weighted by Gasteiger charge is 1.96. The van der Waals surface area contributed by atoms with E-state index >= 15 is 0 Å². The Morgan fingerprint density at radius 2 is 1.40 bits per heavy atom. The first-order chi connectivity index (χ1) is 9.79. The zero-order chi connectivity index (χ0) is 14.5. The normalized spacial score (nSPS) is 10.4. The summed E-state index contributed by atoms with van der Waals surface area (Å²) in [7, 11) is 0. The van der Waals surface area contributed by atoms with E-state index in [0.29, 0.717) is 0 Å². The van der Waals surface area contributed by atoms with Gasteiger partial charge in [-0.2, -0.15) is 0 Å². The van der Waals surface area contributed by atoms with Crippen LogP contribution in [0.4, 0.5) is 0 Å². The molecule has 1 aromatic rings. The Morgan fingerprint density at radius 3 is 2.00 bits per heavy atom. The molecule has 112 valence electrons. The summed E-state index contributed by atoms with van der Waals surface area (Å²) in [6.45, 7) is 0.240. The molecule has 1 rings (SSSR count). The third-order valence-corrected chi connectivity index (χ3v) is 3.40. The Morgan fingerprint density at radius 1 is 0.850 bits per heavy atom. The minimum absolute atomic E-state index is 0.240. The van der Waals surface area contributed by atoms with Crippen molar-refractivity contribution < 1.29 is 9.92 Å². The lowest BCUT2D eigenvalue weighted by Crippen LogP contribution is -2.01. The third-order valence-electron chi connectivity index (χ3n) is 3.40. The van der Waals surface area contributed by atoms with Crippen molar-refractivity contribution in [2.24, 2.45) is 0 Å². The highest BCUT2D eigenvalue weighted by atomic mass is 16.9. The second-order valence-electron chi connectivity index (χ2n) is 5.12. The maximum Gasteiger partial charge on any atom is 0.294 e. The summed E-state index contributed by atoms with van der Waals surface area (Å²) in [4.78, 5) is 14.2. The maximum absolute atomic E-state index is 9.92. The lowest BCUT2D eigenvalue weighted by atomic mass is 10.0. The smallest absolute Gasteiger partial charge is 0.294 e. The lowest BCUT2D eigenvalue weighted by Gasteiger charge is -2.03. The zero-order valence-electron chi connectivity index (χ0n) is 12.1. The topological polar surface area (TPSA) is 52.4 Å². The monoisotopic (exact) mass is 279 g/mol. The van der Waals surface area contributed by atoms with E-state index in [1.54, 1.807) is 0 Å². The molecule has 4 heteroatoms. The van der Waals surface area contributed by atoms with Gasteiger partial charge >= 0.3 is 0 Å². The van der Waals surface area contributed by atoms with E-state index < -0.39 is 5.09 Å². The summed E-state index contributed by atoms with van der Waals surface area (Å²) in [5.41, 5.74) is 1.43. The number of rotatable bonds is 12. The van der Waals surface area contributed by atoms with Gasteiger partial charge in [-0.1, -0.05) is 68.9 Å². The first kappa shape index (κ1) is 16.5. The first-order valence-corrected chi connectivity index (χ1v) is 7.60. The third kappa shape index (κ3) is 9.36. The highest BCUT2D eigenvalue weighted by Crippen LogP contribution is 2.11. The molecule has 0 aliphatic carbocycles. The van der Waals surface area contributed by atoms with Gasteiger partial charge in [-0.25, -0.2) is 0 Å². The van der Waals surface area contributed by atoms with E-state index in [9.17, 15) is 10.1 Å². The average molecular weight is 279 g/mol. The standard InChI is InChI=1S/C16H25NO3/c18-17(19)20-15-11-6-4-2-1-3-5-8-12-16-13-9-7-10-14-16/h7,9-10,13-14H,1-6,8,11-12,15H2. The molecule has 0 heterocycles. The molecular weight excluding hydrogens is 254 g/mol. The molecule has 0 fully saturated rings. The Kier molecular flexibility index (Phi) is 9.28. The van der Waals surface area contributed by atoms with Gasteiger partial charge in [0.15, 0.2) is 0 Å². The number of nitrogens with zero attached hydrogens (tertiary/aromatic N) is 1. The van der Waals surface area contributed by atoms with Crippen LogP contribution in [0.3, 0.4) is 0 Å². The molecule has 0 spiro atoms. The van der Waals surface area contributed by atoms with Crippen LogP contribution in [-0.2, 0) is 11.3 Å². The number of hydrogen-bond donors (Lipinski definition) is 0. The summed E-state index contributed by atoms with van der Waals surface area (Å²) in [5.74, 6) is 0. The molecule has 0 saturated carbocycles. The van der Waals surface area contributed by atoms with Crippen molar-refractivity contribution in [1.82, 2.24) is 0 Å². The second-order valence-corrected chi connectivity index (χ2v) is 5.12. The minimum atomic E-state index is -0.716.